The number of aromatic nitrogens is 2. The highest BCUT2D eigenvalue weighted by molar-refractivity contribution is 5.87. The summed E-state index contributed by atoms with van der Waals surface area (Å²) in [7, 11) is 0. The number of hydrogen-bond acceptors (Lipinski definition) is 4. The van der Waals surface area contributed by atoms with Crippen molar-refractivity contribution in [3.63, 3.8) is 0 Å². The minimum absolute atomic E-state index is 0.119. The molecule has 0 radical (unpaired) electrons. The van der Waals surface area contributed by atoms with Crippen molar-refractivity contribution in [1.82, 2.24) is 19.6 Å². The molecule has 29 heavy (non-hydrogen) atoms. The summed E-state index contributed by atoms with van der Waals surface area (Å²) in [6.45, 7) is 8.32. The molecule has 2 amide bonds. The highest BCUT2D eigenvalue weighted by Gasteiger charge is 2.41. The predicted molar refractivity (Wildman–Crippen MR) is 112 cm³/mol. The Morgan fingerprint density at radius 3 is 2.62 bits per heavy atom. The second-order valence-electron chi connectivity index (χ2n) is 8.55. The average Bonchev–Trinajstić information content (AvgIpc) is 3.29. The first-order chi connectivity index (χ1) is 13.9. The van der Waals surface area contributed by atoms with Crippen molar-refractivity contribution in [1.29, 1.82) is 0 Å². The predicted octanol–water partition coefficient (Wildman–Crippen LogP) is 3.11. The molecule has 2 aliphatic rings. The number of amides is 2. The SMILES string of the molecule is CC(=O)Nc1ccn(C(=O)N2CCC3(CCN(Cc4cccc(C)c4)C3)CC2)n1. The summed E-state index contributed by atoms with van der Waals surface area (Å²) in [6, 6.07) is 10.3. The maximum atomic E-state index is 12.7. The first-order valence-corrected chi connectivity index (χ1v) is 10.3. The fraction of sp³-hybridized carbons (Fsp3) is 0.500. The van der Waals surface area contributed by atoms with Crippen LogP contribution < -0.4 is 5.32 Å². The smallest absolute Gasteiger partial charge is 0.323 e. The lowest BCUT2D eigenvalue weighted by Crippen LogP contribution is -2.45. The van der Waals surface area contributed by atoms with E-state index in [4.69, 9.17) is 0 Å². The Hall–Kier alpha value is -2.67. The highest BCUT2D eigenvalue weighted by Crippen LogP contribution is 2.40. The van der Waals surface area contributed by atoms with E-state index in [2.05, 4.69) is 46.5 Å². The lowest BCUT2D eigenvalue weighted by molar-refractivity contribution is -0.114. The van der Waals surface area contributed by atoms with Crippen molar-refractivity contribution in [3.05, 3.63) is 47.7 Å². The maximum Gasteiger partial charge on any atom is 0.344 e. The highest BCUT2D eigenvalue weighted by atomic mass is 16.2. The van der Waals surface area contributed by atoms with Crippen molar-refractivity contribution in [2.75, 3.05) is 31.5 Å². The fourth-order valence-corrected chi connectivity index (χ4v) is 4.63. The van der Waals surface area contributed by atoms with Crippen LogP contribution >= 0.6 is 0 Å². The molecule has 0 atom stereocenters. The van der Waals surface area contributed by atoms with Crippen LogP contribution in [0.4, 0.5) is 10.6 Å². The van der Waals surface area contributed by atoms with Crippen LogP contribution in [0.25, 0.3) is 0 Å². The zero-order chi connectivity index (χ0) is 20.4. The Morgan fingerprint density at radius 1 is 1.14 bits per heavy atom. The Kier molecular flexibility index (Phi) is 5.41. The lowest BCUT2D eigenvalue weighted by Gasteiger charge is -2.39. The van der Waals surface area contributed by atoms with Crippen molar-refractivity contribution < 1.29 is 9.59 Å². The van der Waals surface area contributed by atoms with Gasteiger partial charge in [0.05, 0.1) is 0 Å². The molecule has 1 spiro atoms. The standard InChI is InChI=1S/C22H29N5O2/c1-17-4-3-5-19(14-17)15-25-11-7-22(16-25)8-12-26(13-9-22)21(29)27-10-6-20(24-27)23-18(2)28/h3-6,10,14H,7-9,11-13,15-16H2,1-2H3,(H,23,24,28). The summed E-state index contributed by atoms with van der Waals surface area (Å²) in [6.07, 6.45) is 4.87. The summed E-state index contributed by atoms with van der Waals surface area (Å²) in [4.78, 5) is 28.3. The van der Waals surface area contributed by atoms with E-state index in [0.29, 0.717) is 11.2 Å². The summed E-state index contributed by atoms with van der Waals surface area (Å²) < 4.78 is 1.32. The van der Waals surface area contributed by atoms with E-state index in [0.717, 1.165) is 45.6 Å². The second-order valence-corrected chi connectivity index (χ2v) is 8.55. The maximum absolute atomic E-state index is 12.7. The van der Waals surface area contributed by atoms with E-state index in [1.54, 1.807) is 12.3 Å². The van der Waals surface area contributed by atoms with Crippen LogP contribution in [0, 0.1) is 12.3 Å². The van der Waals surface area contributed by atoms with Crippen LogP contribution in [0.5, 0.6) is 0 Å². The average molecular weight is 396 g/mol. The number of piperidine rings is 1. The number of nitrogens with zero attached hydrogens (tertiary/aromatic N) is 4. The molecule has 1 aromatic carbocycles. The molecule has 0 unspecified atom stereocenters. The Labute approximate surface area is 171 Å². The zero-order valence-electron chi connectivity index (χ0n) is 17.2. The topological polar surface area (TPSA) is 70.5 Å². The number of rotatable bonds is 3. The van der Waals surface area contributed by atoms with E-state index < -0.39 is 0 Å². The van der Waals surface area contributed by atoms with Crippen molar-refractivity contribution >= 4 is 17.8 Å². The normalized spacial score (nSPS) is 18.9. The number of carbonyl (C=O) groups is 2. The minimum atomic E-state index is -0.195. The lowest BCUT2D eigenvalue weighted by atomic mass is 9.78. The molecule has 7 nitrogen and oxygen atoms in total. The first-order valence-electron chi connectivity index (χ1n) is 10.3. The number of anilines is 1. The third-order valence-electron chi connectivity index (χ3n) is 6.19. The number of nitrogens with one attached hydrogen (secondary N) is 1. The molecule has 0 aliphatic carbocycles. The summed E-state index contributed by atoms with van der Waals surface area (Å²) in [5.41, 5.74) is 3.01. The van der Waals surface area contributed by atoms with E-state index in [1.165, 1.54) is 29.2 Å². The first kappa shape index (κ1) is 19.6. The summed E-state index contributed by atoms with van der Waals surface area (Å²) >= 11 is 0. The molecule has 2 fully saturated rings. The number of aryl methyl sites for hydroxylation is 1. The molecule has 1 N–H and O–H groups in total. The largest absolute Gasteiger partial charge is 0.344 e. The van der Waals surface area contributed by atoms with Crippen LogP contribution in [0.2, 0.25) is 0 Å². The van der Waals surface area contributed by atoms with Gasteiger partial charge in [-0.2, -0.15) is 4.68 Å². The molecular weight excluding hydrogens is 366 g/mol. The summed E-state index contributed by atoms with van der Waals surface area (Å²) in [5.74, 6) is 0.209. The van der Waals surface area contributed by atoms with E-state index in [-0.39, 0.29) is 11.9 Å². The quantitative estimate of drug-likeness (QED) is 0.867. The Balaban J connectivity index is 1.31. The number of likely N-dealkylation sites (tertiary alicyclic amines) is 2. The molecular formula is C22H29N5O2. The van der Waals surface area contributed by atoms with Crippen molar-refractivity contribution in [2.45, 2.75) is 39.7 Å². The molecule has 2 saturated heterocycles. The Bertz CT molecular complexity index is 898. The minimum Gasteiger partial charge on any atom is -0.323 e. The van der Waals surface area contributed by atoms with Gasteiger partial charge in [-0.3, -0.25) is 9.69 Å². The fourth-order valence-electron chi connectivity index (χ4n) is 4.63. The molecule has 0 bridgehead atoms. The second kappa shape index (κ2) is 7.99. The van der Waals surface area contributed by atoms with Gasteiger partial charge in [-0.15, -0.1) is 5.10 Å². The molecule has 0 saturated carbocycles. The molecule has 2 aliphatic heterocycles. The molecule has 4 rings (SSSR count). The van der Waals surface area contributed by atoms with Gasteiger partial charge in [0.1, 0.15) is 0 Å². The number of hydrogen-bond donors (Lipinski definition) is 1. The van der Waals surface area contributed by atoms with Gasteiger partial charge in [0.25, 0.3) is 0 Å². The zero-order valence-corrected chi connectivity index (χ0v) is 17.2. The van der Waals surface area contributed by atoms with Gasteiger partial charge in [-0.1, -0.05) is 29.8 Å². The van der Waals surface area contributed by atoms with Crippen LogP contribution in [-0.4, -0.2) is 57.7 Å². The number of carbonyl (C=O) groups excluding carboxylic acids is 2. The molecule has 1 aromatic heterocycles. The van der Waals surface area contributed by atoms with Gasteiger partial charge in [0.2, 0.25) is 5.91 Å². The van der Waals surface area contributed by atoms with Crippen LogP contribution in [0.1, 0.15) is 37.3 Å². The van der Waals surface area contributed by atoms with Gasteiger partial charge < -0.3 is 10.2 Å². The van der Waals surface area contributed by atoms with Gasteiger partial charge in [-0.05, 0) is 43.7 Å². The molecule has 7 heteroatoms. The molecule has 154 valence electrons. The van der Waals surface area contributed by atoms with E-state index >= 15 is 0 Å². The van der Waals surface area contributed by atoms with Gasteiger partial charge in [0.15, 0.2) is 5.82 Å². The molecule has 2 aromatic rings. The third-order valence-corrected chi connectivity index (χ3v) is 6.19. The van der Waals surface area contributed by atoms with Crippen molar-refractivity contribution in [3.8, 4) is 0 Å². The van der Waals surface area contributed by atoms with E-state index in [9.17, 15) is 9.59 Å². The molecule has 3 heterocycles. The van der Waals surface area contributed by atoms with Gasteiger partial charge in [0, 0.05) is 45.4 Å². The van der Waals surface area contributed by atoms with Crippen LogP contribution in [-0.2, 0) is 11.3 Å². The van der Waals surface area contributed by atoms with E-state index in [1.807, 2.05) is 4.90 Å². The third kappa shape index (κ3) is 4.50. The van der Waals surface area contributed by atoms with Gasteiger partial charge >= 0.3 is 6.03 Å². The van der Waals surface area contributed by atoms with Crippen LogP contribution in [0.3, 0.4) is 0 Å². The van der Waals surface area contributed by atoms with Crippen LogP contribution in [0.15, 0.2) is 36.5 Å². The summed E-state index contributed by atoms with van der Waals surface area (Å²) in [5, 5.41) is 6.77. The van der Waals surface area contributed by atoms with Gasteiger partial charge in [-0.25, -0.2) is 4.79 Å². The number of benzene rings is 1. The monoisotopic (exact) mass is 395 g/mol. The Morgan fingerprint density at radius 2 is 1.90 bits per heavy atom. The van der Waals surface area contributed by atoms with Crippen molar-refractivity contribution in [2.24, 2.45) is 5.41 Å².